The highest BCUT2D eigenvalue weighted by Crippen LogP contribution is 2.14. The van der Waals surface area contributed by atoms with Crippen molar-refractivity contribution in [3.8, 4) is 0 Å². The number of hydrogen-bond donors (Lipinski definition) is 1. The number of aryl methyl sites for hydroxylation is 2. The van der Waals surface area contributed by atoms with Crippen LogP contribution in [0.2, 0.25) is 0 Å². The standard InChI is InChI=1S/C29H40N2O3/c1-30-16-18-31(19-17-30)15-5-10-28(33)22-27-9-4-8-25(20-27)7-3-2-6-24-11-13-26(14-12-24)21-29(34)23-32/h4,8-9,11-14,20,32H,2-3,5-7,10,15-19,21-23H2,1H3. The molecule has 1 aliphatic heterocycles. The Bertz CT molecular complexity index is 902. The zero-order valence-corrected chi connectivity index (χ0v) is 20.7. The van der Waals surface area contributed by atoms with Gasteiger partial charge < -0.3 is 14.9 Å². The Morgan fingerprint density at radius 3 is 2.09 bits per heavy atom. The topological polar surface area (TPSA) is 60.9 Å². The van der Waals surface area contributed by atoms with Crippen LogP contribution < -0.4 is 0 Å². The predicted molar refractivity (Wildman–Crippen MR) is 137 cm³/mol. The third kappa shape index (κ3) is 9.49. The Kier molecular flexibility index (Phi) is 10.9. The Morgan fingerprint density at radius 1 is 0.765 bits per heavy atom. The lowest BCUT2D eigenvalue weighted by Crippen LogP contribution is -2.44. The number of rotatable bonds is 14. The number of aliphatic hydroxyl groups excluding tert-OH is 1. The summed E-state index contributed by atoms with van der Waals surface area (Å²) in [5.41, 5.74) is 4.67. The molecule has 5 heteroatoms. The highest BCUT2D eigenvalue weighted by atomic mass is 16.3. The van der Waals surface area contributed by atoms with Crippen molar-refractivity contribution >= 4 is 11.6 Å². The summed E-state index contributed by atoms with van der Waals surface area (Å²) < 4.78 is 0. The lowest BCUT2D eigenvalue weighted by atomic mass is 9.99. The van der Waals surface area contributed by atoms with Crippen LogP contribution in [0.4, 0.5) is 0 Å². The number of unbranched alkanes of at least 4 members (excludes halogenated alkanes) is 1. The van der Waals surface area contributed by atoms with Crippen LogP contribution in [0.3, 0.4) is 0 Å². The maximum atomic E-state index is 12.5. The summed E-state index contributed by atoms with van der Waals surface area (Å²) in [6.07, 6.45) is 6.71. The van der Waals surface area contributed by atoms with Crippen molar-refractivity contribution in [1.29, 1.82) is 0 Å². The quantitative estimate of drug-likeness (QED) is 0.434. The molecule has 184 valence electrons. The SMILES string of the molecule is CN1CCN(CCCC(=O)Cc2cccc(CCCCc3ccc(CC(=O)CO)cc3)c2)CC1. The number of nitrogens with zero attached hydrogens (tertiary/aromatic N) is 2. The zero-order chi connectivity index (χ0) is 24.2. The van der Waals surface area contributed by atoms with E-state index in [2.05, 4.69) is 53.2 Å². The number of ketones is 2. The molecule has 2 aromatic rings. The molecule has 5 nitrogen and oxygen atoms in total. The minimum Gasteiger partial charge on any atom is -0.389 e. The van der Waals surface area contributed by atoms with E-state index in [1.54, 1.807) is 0 Å². The normalized spacial score (nSPS) is 14.9. The summed E-state index contributed by atoms with van der Waals surface area (Å²) in [5.74, 6) is 0.192. The van der Waals surface area contributed by atoms with Gasteiger partial charge in [0.05, 0.1) is 0 Å². The van der Waals surface area contributed by atoms with E-state index in [-0.39, 0.29) is 5.78 Å². The van der Waals surface area contributed by atoms with E-state index in [4.69, 9.17) is 5.11 Å². The molecule has 34 heavy (non-hydrogen) atoms. The van der Waals surface area contributed by atoms with Gasteiger partial charge in [0.2, 0.25) is 0 Å². The van der Waals surface area contributed by atoms with Crippen LogP contribution in [0, 0.1) is 0 Å². The molecule has 0 aromatic heterocycles. The van der Waals surface area contributed by atoms with Gasteiger partial charge >= 0.3 is 0 Å². The fraction of sp³-hybridized carbons (Fsp3) is 0.517. The van der Waals surface area contributed by atoms with Gasteiger partial charge in [0.15, 0.2) is 5.78 Å². The number of carbonyl (C=O) groups excluding carboxylic acids is 2. The van der Waals surface area contributed by atoms with Crippen LogP contribution in [0.25, 0.3) is 0 Å². The first-order valence-corrected chi connectivity index (χ1v) is 12.7. The smallest absolute Gasteiger partial charge is 0.162 e. The number of Topliss-reactive ketones (excluding diaryl/α,β-unsaturated/α-hetero) is 2. The number of carbonyl (C=O) groups is 2. The van der Waals surface area contributed by atoms with Crippen molar-refractivity contribution in [2.24, 2.45) is 0 Å². The van der Waals surface area contributed by atoms with Gasteiger partial charge in [0.25, 0.3) is 0 Å². The summed E-state index contributed by atoms with van der Waals surface area (Å²) in [6.45, 7) is 5.12. The maximum Gasteiger partial charge on any atom is 0.162 e. The van der Waals surface area contributed by atoms with Gasteiger partial charge in [0, 0.05) is 45.4 Å². The fourth-order valence-electron chi connectivity index (χ4n) is 4.55. The first kappa shape index (κ1) is 26.3. The summed E-state index contributed by atoms with van der Waals surface area (Å²) in [4.78, 5) is 28.6. The Hall–Kier alpha value is -2.34. The number of benzene rings is 2. The molecule has 3 rings (SSSR count). The zero-order valence-electron chi connectivity index (χ0n) is 20.7. The Morgan fingerprint density at radius 2 is 1.38 bits per heavy atom. The van der Waals surface area contributed by atoms with Gasteiger partial charge in [0.1, 0.15) is 12.4 Å². The van der Waals surface area contributed by atoms with E-state index < -0.39 is 6.61 Å². The minimum atomic E-state index is -0.395. The second-order valence-corrected chi connectivity index (χ2v) is 9.68. The maximum absolute atomic E-state index is 12.5. The molecule has 0 amide bonds. The van der Waals surface area contributed by atoms with E-state index in [0.717, 1.165) is 76.0 Å². The van der Waals surface area contributed by atoms with Crippen molar-refractivity contribution in [3.63, 3.8) is 0 Å². The van der Waals surface area contributed by atoms with Crippen molar-refractivity contribution < 1.29 is 14.7 Å². The van der Waals surface area contributed by atoms with Crippen LogP contribution in [0.1, 0.15) is 47.9 Å². The van der Waals surface area contributed by atoms with E-state index in [9.17, 15) is 9.59 Å². The van der Waals surface area contributed by atoms with Crippen molar-refractivity contribution in [1.82, 2.24) is 9.80 Å². The van der Waals surface area contributed by atoms with Gasteiger partial charge in [-0.1, -0.05) is 48.5 Å². The van der Waals surface area contributed by atoms with Crippen LogP contribution in [-0.4, -0.2) is 72.9 Å². The van der Waals surface area contributed by atoms with Crippen molar-refractivity contribution in [2.45, 2.75) is 51.4 Å². The molecule has 2 aromatic carbocycles. The lowest BCUT2D eigenvalue weighted by molar-refractivity contribution is -0.121. The van der Waals surface area contributed by atoms with Crippen LogP contribution in [0.15, 0.2) is 48.5 Å². The molecule has 0 unspecified atom stereocenters. The molecule has 0 bridgehead atoms. The highest BCUT2D eigenvalue weighted by Gasteiger charge is 2.14. The minimum absolute atomic E-state index is 0.151. The van der Waals surface area contributed by atoms with Crippen LogP contribution in [0.5, 0.6) is 0 Å². The van der Waals surface area contributed by atoms with Crippen molar-refractivity contribution in [3.05, 3.63) is 70.8 Å². The van der Waals surface area contributed by atoms with Gasteiger partial charge in [-0.2, -0.15) is 0 Å². The first-order chi connectivity index (χ1) is 16.5. The molecule has 1 N–H and O–H groups in total. The highest BCUT2D eigenvalue weighted by molar-refractivity contribution is 5.81. The number of piperazine rings is 1. The number of aliphatic hydroxyl groups is 1. The van der Waals surface area contributed by atoms with Crippen LogP contribution >= 0.6 is 0 Å². The average Bonchev–Trinajstić information content (AvgIpc) is 2.84. The van der Waals surface area contributed by atoms with Crippen LogP contribution in [-0.2, 0) is 35.3 Å². The number of likely N-dealkylation sites (N-methyl/N-ethyl adjacent to an activating group) is 1. The summed E-state index contributed by atoms with van der Waals surface area (Å²) >= 11 is 0. The Labute approximate surface area is 204 Å². The van der Waals surface area contributed by atoms with E-state index >= 15 is 0 Å². The molecular formula is C29H40N2O3. The summed E-state index contributed by atoms with van der Waals surface area (Å²) in [7, 11) is 2.17. The van der Waals surface area contributed by atoms with E-state index in [1.165, 1.54) is 11.1 Å². The largest absolute Gasteiger partial charge is 0.389 e. The third-order valence-electron chi connectivity index (χ3n) is 6.70. The molecule has 0 saturated carbocycles. The molecule has 1 heterocycles. The van der Waals surface area contributed by atoms with E-state index in [1.807, 2.05) is 12.1 Å². The van der Waals surface area contributed by atoms with Crippen molar-refractivity contribution in [2.75, 3.05) is 46.4 Å². The second-order valence-electron chi connectivity index (χ2n) is 9.68. The molecule has 0 atom stereocenters. The predicted octanol–water partition coefficient (Wildman–Crippen LogP) is 3.50. The molecule has 0 spiro atoms. The molecule has 1 fully saturated rings. The van der Waals surface area contributed by atoms with Gasteiger partial charge in [-0.25, -0.2) is 0 Å². The monoisotopic (exact) mass is 464 g/mol. The number of hydrogen-bond acceptors (Lipinski definition) is 5. The first-order valence-electron chi connectivity index (χ1n) is 12.7. The van der Waals surface area contributed by atoms with E-state index in [0.29, 0.717) is 25.0 Å². The van der Waals surface area contributed by atoms with Gasteiger partial charge in [-0.05, 0) is 68.0 Å². The molecule has 1 aliphatic rings. The second kappa shape index (κ2) is 14.1. The molecule has 0 aliphatic carbocycles. The molecule has 1 saturated heterocycles. The Balaban J connectivity index is 1.33. The molecular weight excluding hydrogens is 424 g/mol. The average molecular weight is 465 g/mol. The van der Waals surface area contributed by atoms with Gasteiger partial charge in [-0.15, -0.1) is 0 Å². The summed E-state index contributed by atoms with van der Waals surface area (Å²) in [6, 6.07) is 16.6. The lowest BCUT2D eigenvalue weighted by Gasteiger charge is -2.32. The molecule has 0 radical (unpaired) electrons. The fourth-order valence-corrected chi connectivity index (χ4v) is 4.55. The summed E-state index contributed by atoms with van der Waals surface area (Å²) in [5, 5.41) is 8.86. The third-order valence-corrected chi connectivity index (χ3v) is 6.70. The van der Waals surface area contributed by atoms with Gasteiger partial charge in [-0.3, -0.25) is 9.59 Å².